The lowest BCUT2D eigenvalue weighted by molar-refractivity contribution is 0.399. The van der Waals surface area contributed by atoms with E-state index in [9.17, 15) is 0 Å². The molecule has 0 aliphatic heterocycles. The molecule has 1 aromatic rings. The van der Waals surface area contributed by atoms with E-state index in [1.54, 1.807) is 13.2 Å². The summed E-state index contributed by atoms with van der Waals surface area (Å²) in [5.41, 5.74) is 0.862. The SMILES string of the molecule is COc1c(Cl)cc(Cl)cc1C(C)(C)CS. The molecule has 0 bridgehead atoms. The summed E-state index contributed by atoms with van der Waals surface area (Å²) in [4.78, 5) is 0. The maximum Gasteiger partial charge on any atom is 0.141 e. The van der Waals surface area contributed by atoms with Crippen molar-refractivity contribution >= 4 is 35.8 Å². The standard InChI is InChI=1S/C11H14Cl2OS/c1-11(2,6-15)8-4-7(12)5-9(13)10(8)14-3/h4-5,15H,6H2,1-3H3. The summed E-state index contributed by atoms with van der Waals surface area (Å²) < 4.78 is 5.29. The molecule has 0 heterocycles. The number of halogens is 2. The van der Waals surface area contributed by atoms with E-state index in [1.807, 2.05) is 6.07 Å². The van der Waals surface area contributed by atoms with E-state index in [2.05, 4.69) is 26.5 Å². The molecule has 0 aliphatic rings. The van der Waals surface area contributed by atoms with Gasteiger partial charge in [-0.05, 0) is 17.9 Å². The Bertz CT molecular complexity index is 364. The predicted molar refractivity (Wildman–Crippen MR) is 69.9 cm³/mol. The van der Waals surface area contributed by atoms with Crippen molar-refractivity contribution in [2.45, 2.75) is 19.3 Å². The Morgan fingerprint density at radius 1 is 1.33 bits per heavy atom. The van der Waals surface area contributed by atoms with Gasteiger partial charge in [0.2, 0.25) is 0 Å². The highest BCUT2D eigenvalue weighted by Crippen LogP contribution is 2.39. The minimum absolute atomic E-state index is 0.122. The molecule has 15 heavy (non-hydrogen) atoms. The van der Waals surface area contributed by atoms with Crippen LogP contribution in [0.15, 0.2) is 12.1 Å². The van der Waals surface area contributed by atoms with Crippen molar-refractivity contribution in [2.75, 3.05) is 12.9 Å². The van der Waals surface area contributed by atoms with Gasteiger partial charge in [-0.1, -0.05) is 37.0 Å². The molecule has 4 heteroatoms. The van der Waals surface area contributed by atoms with Crippen LogP contribution in [0.2, 0.25) is 10.0 Å². The van der Waals surface area contributed by atoms with Gasteiger partial charge in [0.1, 0.15) is 5.75 Å². The number of hydrogen-bond acceptors (Lipinski definition) is 2. The maximum absolute atomic E-state index is 6.06. The molecule has 0 aromatic heterocycles. The first-order chi connectivity index (χ1) is 6.92. The van der Waals surface area contributed by atoms with Crippen LogP contribution in [-0.4, -0.2) is 12.9 Å². The minimum atomic E-state index is -0.122. The molecule has 0 amide bonds. The van der Waals surface area contributed by atoms with Crippen LogP contribution < -0.4 is 4.74 Å². The average Bonchev–Trinajstić information content (AvgIpc) is 2.16. The average molecular weight is 265 g/mol. The summed E-state index contributed by atoms with van der Waals surface area (Å²) in [5, 5.41) is 1.15. The minimum Gasteiger partial charge on any atom is -0.495 e. The lowest BCUT2D eigenvalue weighted by Gasteiger charge is -2.25. The van der Waals surface area contributed by atoms with Crippen LogP contribution in [0.1, 0.15) is 19.4 Å². The smallest absolute Gasteiger partial charge is 0.141 e. The molecule has 0 fully saturated rings. The van der Waals surface area contributed by atoms with Crippen molar-refractivity contribution in [2.24, 2.45) is 0 Å². The van der Waals surface area contributed by atoms with Gasteiger partial charge in [-0.15, -0.1) is 0 Å². The third-order valence-electron chi connectivity index (χ3n) is 2.34. The van der Waals surface area contributed by atoms with E-state index in [0.717, 1.165) is 5.56 Å². The van der Waals surface area contributed by atoms with Gasteiger partial charge in [-0.2, -0.15) is 12.6 Å². The Morgan fingerprint density at radius 3 is 2.40 bits per heavy atom. The van der Waals surface area contributed by atoms with Crippen molar-refractivity contribution in [3.05, 3.63) is 27.7 Å². The molecular formula is C11H14Cl2OS. The van der Waals surface area contributed by atoms with E-state index in [-0.39, 0.29) is 5.41 Å². The fraction of sp³-hybridized carbons (Fsp3) is 0.455. The van der Waals surface area contributed by atoms with E-state index in [4.69, 9.17) is 27.9 Å². The van der Waals surface area contributed by atoms with E-state index in [0.29, 0.717) is 21.5 Å². The van der Waals surface area contributed by atoms with Gasteiger partial charge in [-0.3, -0.25) is 0 Å². The molecule has 0 radical (unpaired) electrons. The first kappa shape index (κ1) is 13.0. The zero-order valence-electron chi connectivity index (χ0n) is 8.97. The normalized spacial score (nSPS) is 11.6. The second-order valence-electron chi connectivity index (χ2n) is 4.01. The molecule has 1 nitrogen and oxygen atoms in total. The predicted octanol–water partition coefficient (Wildman–Crippen LogP) is 4.21. The number of benzene rings is 1. The first-order valence-electron chi connectivity index (χ1n) is 4.56. The van der Waals surface area contributed by atoms with Gasteiger partial charge in [0.05, 0.1) is 12.1 Å². The van der Waals surface area contributed by atoms with Crippen LogP contribution in [0.4, 0.5) is 0 Å². The molecule has 1 rings (SSSR count). The number of rotatable bonds is 3. The molecule has 0 spiro atoms. The summed E-state index contributed by atoms with van der Waals surface area (Å²) in [5.74, 6) is 1.38. The van der Waals surface area contributed by atoms with Gasteiger partial charge < -0.3 is 4.74 Å². The fourth-order valence-electron chi connectivity index (χ4n) is 1.36. The molecule has 0 N–H and O–H groups in total. The zero-order chi connectivity index (χ0) is 11.6. The fourth-order valence-corrected chi connectivity index (χ4v) is 2.10. The van der Waals surface area contributed by atoms with Crippen molar-refractivity contribution < 1.29 is 4.74 Å². The van der Waals surface area contributed by atoms with Crippen LogP contribution in [0.3, 0.4) is 0 Å². The van der Waals surface area contributed by atoms with Crippen LogP contribution in [0, 0.1) is 0 Å². The highest BCUT2D eigenvalue weighted by atomic mass is 35.5. The molecule has 0 atom stereocenters. The van der Waals surface area contributed by atoms with Crippen molar-refractivity contribution in [1.29, 1.82) is 0 Å². The van der Waals surface area contributed by atoms with Crippen LogP contribution in [0.5, 0.6) is 5.75 Å². The second kappa shape index (κ2) is 4.86. The highest BCUT2D eigenvalue weighted by molar-refractivity contribution is 7.80. The molecule has 0 unspecified atom stereocenters. The van der Waals surface area contributed by atoms with Gasteiger partial charge >= 0.3 is 0 Å². The highest BCUT2D eigenvalue weighted by Gasteiger charge is 2.25. The van der Waals surface area contributed by atoms with E-state index in [1.165, 1.54) is 0 Å². The van der Waals surface area contributed by atoms with Crippen LogP contribution >= 0.6 is 35.8 Å². The third-order valence-corrected chi connectivity index (χ3v) is 3.63. The quantitative estimate of drug-likeness (QED) is 0.805. The maximum atomic E-state index is 6.06. The summed E-state index contributed by atoms with van der Waals surface area (Å²) in [7, 11) is 1.60. The van der Waals surface area contributed by atoms with E-state index < -0.39 is 0 Å². The summed E-state index contributed by atoms with van der Waals surface area (Å²) in [6.07, 6.45) is 0. The Hall–Kier alpha value is -0.0500. The molecule has 0 saturated heterocycles. The van der Waals surface area contributed by atoms with Gasteiger partial charge in [0.15, 0.2) is 0 Å². The molecular weight excluding hydrogens is 251 g/mol. The Balaban J connectivity index is 3.39. The van der Waals surface area contributed by atoms with Crippen molar-refractivity contribution in [1.82, 2.24) is 0 Å². The largest absolute Gasteiger partial charge is 0.495 e. The van der Waals surface area contributed by atoms with Gasteiger partial charge in [-0.25, -0.2) is 0 Å². The number of ether oxygens (including phenoxy) is 1. The van der Waals surface area contributed by atoms with Crippen molar-refractivity contribution in [3.63, 3.8) is 0 Å². The monoisotopic (exact) mass is 264 g/mol. The Kier molecular flexibility index (Phi) is 4.21. The number of hydrogen-bond donors (Lipinski definition) is 1. The number of methoxy groups -OCH3 is 1. The number of thiol groups is 1. The lowest BCUT2D eigenvalue weighted by atomic mass is 9.86. The summed E-state index contributed by atoms with van der Waals surface area (Å²) >= 11 is 16.4. The first-order valence-corrected chi connectivity index (χ1v) is 5.95. The molecule has 0 saturated carbocycles. The lowest BCUT2D eigenvalue weighted by Crippen LogP contribution is -2.20. The van der Waals surface area contributed by atoms with E-state index >= 15 is 0 Å². The van der Waals surface area contributed by atoms with Crippen LogP contribution in [0.25, 0.3) is 0 Å². The Labute approximate surface area is 106 Å². The Morgan fingerprint density at radius 2 is 1.93 bits per heavy atom. The molecule has 0 aliphatic carbocycles. The topological polar surface area (TPSA) is 9.23 Å². The van der Waals surface area contributed by atoms with Gasteiger partial charge in [0, 0.05) is 16.0 Å². The molecule has 84 valence electrons. The summed E-state index contributed by atoms with van der Waals surface area (Å²) in [6, 6.07) is 3.56. The zero-order valence-corrected chi connectivity index (χ0v) is 11.4. The second-order valence-corrected chi connectivity index (χ2v) is 5.17. The third kappa shape index (κ3) is 2.74. The molecule has 1 aromatic carbocycles. The summed E-state index contributed by atoms with van der Waals surface area (Å²) in [6.45, 7) is 4.15. The van der Waals surface area contributed by atoms with Crippen LogP contribution in [-0.2, 0) is 5.41 Å². The van der Waals surface area contributed by atoms with Gasteiger partial charge in [0.25, 0.3) is 0 Å². The van der Waals surface area contributed by atoms with Crippen molar-refractivity contribution in [3.8, 4) is 5.75 Å².